The number of hydrogen-bond acceptors (Lipinski definition) is 4. The Balaban J connectivity index is 1.54. The second-order valence-corrected chi connectivity index (χ2v) is 8.23. The topological polar surface area (TPSA) is 71.1 Å². The molecule has 2 aromatic heterocycles. The monoisotopic (exact) mass is 430 g/mol. The molecule has 10 heteroatoms. The molecule has 0 aliphatic carbocycles. The van der Waals surface area contributed by atoms with E-state index in [9.17, 15) is 4.79 Å². The molecule has 2 aromatic carbocycles. The number of H-pyrrole nitrogens is 1. The number of pyridine rings is 1. The zero-order valence-corrected chi connectivity index (χ0v) is 17.7. The number of hydrogen-bond donors (Lipinski definition) is 1. The van der Waals surface area contributed by atoms with Crippen LogP contribution in [-0.2, 0) is 11.9 Å². The average Bonchev–Trinajstić information content (AvgIpc) is 3.33. The van der Waals surface area contributed by atoms with Gasteiger partial charge in [0, 0.05) is 28.7 Å². The minimum atomic E-state index is -0.788. The number of halogens is 2. The number of carbonyl (C=O) groups is 1. The van der Waals surface area contributed by atoms with Crippen molar-refractivity contribution in [1.29, 1.82) is 0 Å². The minimum Gasteiger partial charge on any atom is -0.494 e. The molecule has 1 amide bonds. The molecular weight excluding hydrogens is 412 g/mol. The van der Waals surface area contributed by atoms with E-state index in [-0.39, 0.29) is 18.0 Å². The molecule has 3 heterocycles. The molecule has 1 aliphatic heterocycles. The fourth-order valence-corrected chi connectivity index (χ4v) is 4.36. The maximum Gasteiger partial charge on any atom is 0.255 e. The summed E-state index contributed by atoms with van der Waals surface area (Å²) in [5.74, 6) is -1.18. The van der Waals surface area contributed by atoms with Crippen molar-refractivity contribution < 1.29 is 18.3 Å². The summed E-state index contributed by atoms with van der Waals surface area (Å²) in [6, 6.07) is 9.37. The lowest BCUT2D eigenvalue weighted by atomic mass is 9.59. The normalized spacial score (nSPS) is 14.7. The highest BCUT2D eigenvalue weighted by molar-refractivity contribution is 6.42. The third-order valence-corrected chi connectivity index (χ3v) is 6.09. The Kier molecular flexibility index (Phi) is 4.54. The molecule has 0 fully saturated rings. The summed E-state index contributed by atoms with van der Waals surface area (Å²) in [5.41, 5.74) is 2.45. The molecule has 4 aromatic rings. The predicted octanol–water partition coefficient (Wildman–Crippen LogP) is 1.94. The van der Waals surface area contributed by atoms with Crippen LogP contribution in [0.3, 0.4) is 0 Å². The van der Waals surface area contributed by atoms with Crippen LogP contribution in [0.25, 0.3) is 22.0 Å². The number of amides is 1. The van der Waals surface area contributed by atoms with Gasteiger partial charge in [-0.25, -0.2) is 8.78 Å². The number of carbonyl (C=O) groups excluding carboxylic acids is 1. The lowest BCUT2D eigenvalue weighted by molar-refractivity contribution is 0.0727. The van der Waals surface area contributed by atoms with Gasteiger partial charge in [-0.1, -0.05) is 0 Å². The molecule has 6 nitrogen and oxygen atoms in total. The summed E-state index contributed by atoms with van der Waals surface area (Å²) >= 11 is 0. The highest BCUT2D eigenvalue weighted by Gasteiger charge is 2.44. The van der Waals surface area contributed by atoms with Crippen LogP contribution in [0.4, 0.5) is 8.78 Å². The van der Waals surface area contributed by atoms with Gasteiger partial charge in [-0.15, -0.1) is 0 Å². The first-order chi connectivity index (χ1) is 15.3. The van der Waals surface area contributed by atoms with E-state index in [0.717, 1.165) is 0 Å². The lowest BCUT2D eigenvalue weighted by Gasteiger charge is -2.32. The van der Waals surface area contributed by atoms with Gasteiger partial charge in [-0.2, -0.15) is 5.10 Å². The van der Waals surface area contributed by atoms with Crippen molar-refractivity contribution in [2.24, 2.45) is 0 Å². The number of ether oxygens (including phenoxy) is 1. The Bertz CT molecular complexity index is 1370. The second-order valence-electron chi connectivity index (χ2n) is 8.23. The van der Waals surface area contributed by atoms with Crippen LogP contribution in [0.1, 0.15) is 21.6 Å². The van der Waals surface area contributed by atoms with E-state index in [4.69, 9.17) is 4.74 Å². The second kappa shape index (κ2) is 7.19. The fraction of sp³-hybridized carbons (Fsp3) is 0.136. The molecule has 0 saturated carbocycles. The zero-order chi connectivity index (χ0) is 22.6. The molecule has 5 rings (SSSR count). The molecule has 0 radical (unpaired) electrons. The first-order valence-corrected chi connectivity index (χ1v) is 10.1. The SMILES string of the molecule is BC1(B)c2ncccc2C(=O)N1Cc1c(F)cc(-c2ccc(OC)c3n[nH]cc23)cc1F. The minimum absolute atomic E-state index is 0.167. The summed E-state index contributed by atoms with van der Waals surface area (Å²) in [4.78, 5) is 18.7. The number of methoxy groups -OCH3 is 1. The van der Waals surface area contributed by atoms with Crippen LogP contribution in [0.5, 0.6) is 5.75 Å². The third kappa shape index (κ3) is 2.90. The van der Waals surface area contributed by atoms with Gasteiger partial charge in [0.1, 0.15) is 38.6 Å². The third-order valence-electron chi connectivity index (χ3n) is 6.09. The molecule has 1 N–H and O–H groups in total. The molecule has 158 valence electrons. The number of nitrogens with one attached hydrogen (secondary N) is 1. The van der Waals surface area contributed by atoms with Crippen molar-refractivity contribution in [1.82, 2.24) is 20.1 Å². The average molecular weight is 430 g/mol. The summed E-state index contributed by atoms with van der Waals surface area (Å²) in [6.45, 7) is -0.204. The highest BCUT2D eigenvalue weighted by Crippen LogP contribution is 2.37. The number of aromatic nitrogens is 3. The summed E-state index contributed by atoms with van der Waals surface area (Å²) in [7, 11) is 5.17. The van der Waals surface area contributed by atoms with Gasteiger partial charge in [-0.3, -0.25) is 14.9 Å². The van der Waals surface area contributed by atoms with Gasteiger partial charge in [-0.05, 0) is 47.5 Å². The van der Waals surface area contributed by atoms with Crippen molar-refractivity contribution in [2.45, 2.75) is 11.9 Å². The van der Waals surface area contributed by atoms with Crippen LogP contribution in [0, 0.1) is 11.6 Å². The Labute approximate surface area is 184 Å². The summed E-state index contributed by atoms with van der Waals surface area (Å²) < 4.78 is 35.7. The van der Waals surface area contributed by atoms with Gasteiger partial charge in [0.15, 0.2) is 0 Å². The van der Waals surface area contributed by atoms with Crippen molar-refractivity contribution in [2.75, 3.05) is 7.11 Å². The Morgan fingerprint density at radius 3 is 2.59 bits per heavy atom. The Morgan fingerprint density at radius 1 is 1.16 bits per heavy atom. The molecule has 0 spiro atoms. The number of nitrogens with zero attached hydrogens (tertiary/aromatic N) is 3. The number of fused-ring (bicyclic) bond motifs is 2. The number of rotatable bonds is 4. The van der Waals surface area contributed by atoms with Crippen LogP contribution in [-0.4, -0.2) is 48.8 Å². The first-order valence-electron chi connectivity index (χ1n) is 10.1. The molecule has 32 heavy (non-hydrogen) atoms. The molecule has 0 atom stereocenters. The van der Waals surface area contributed by atoms with E-state index < -0.39 is 17.0 Å². The van der Waals surface area contributed by atoms with Crippen LogP contribution in [0.2, 0.25) is 0 Å². The summed E-state index contributed by atoms with van der Waals surface area (Å²) in [6.07, 6.45) is 3.27. The van der Waals surface area contributed by atoms with Crippen LogP contribution >= 0.6 is 0 Å². The highest BCUT2D eigenvalue weighted by atomic mass is 19.1. The maximum atomic E-state index is 15.2. The lowest BCUT2D eigenvalue weighted by Crippen LogP contribution is -2.45. The van der Waals surface area contributed by atoms with Crippen molar-refractivity contribution in [3.05, 3.63) is 77.2 Å². The fourth-order valence-electron chi connectivity index (χ4n) is 4.36. The van der Waals surface area contributed by atoms with E-state index >= 15 is 8.78 Å². The van der Waals surface area contributed by atoms with Crippen LogP contribution < -0.4 is 4.74 Å². The van der Waals surface area contributed by atoms with Gasteiger partial charge in [0.25, 0.3) is 5.91 Å². The van der Waals surface area contributed by atoms with Gasteiger partial charge in [0.2, 0.25) is 0 Å². The van der Waals surface area contributed by atoms with Crippen LogP contribution in [0.15, 0.2) is 48.8 Å². The molecule has 1 aliphatic rings. The molecule has 0 unspecified atom stereocenters. The van der Waals surface area contributed by atoms with Gasteiger partial charge >= 0.3 is 0 Å². The predicted molar refractivity (Wildman–Crippen MR) is 121 cm³/mol. The zero-order valence-electron chi connectivity index (χ0n) is 17.7. The number of benzene rings is 2. The van der Waals surface area contributed by atoms with Crippen molar-refractivity contribution >= 4 is 32.5 Å². The van der Waals surface area contributed by atoms with Crippen molar-refractivity contribution in [3.8, 4) is 16.9 Å². The Morgan fingerprint density at radius 2 is 1.91 bits per heavy atom. The van der Waals surface area contributed by atoms with E-state index in [0.29, 0.717) is 39.0 Å². The Hall–Kier alpha value is -3.68. The van der Waals surface area contributed by atoms with Crippen molar-refractivity contribution in [3.63, 3.8) is 0 Å². The first kappa shape index (κ1) is 20.2. The van der Waals surface area contributed by atoms with Gasteiger partial charge < -0.3 is 9.64 Å². The van der Waals surface area contributed by atoms with E-state index in [1.807, 2.05) is 15.7 Å². The van der Waals surface area contributed by atoms with E-state index in [1.54, 1.807) is 36.7 Å². The molecule has 0 saturated heterocycles. The maximum absolute atomic E-state index is 15.2. The molecule has 0 bridgehead atoms. The van der Waals surface area contributed by atoms with Gasteiger partial charge in [0.05, 0.1) is 24.9 Å². The quantitative estimate of drug-likeness (QED) is 0.503. The van der Waals surface area contributed by atoms with E-state index in [1.165, 1.54) is 24.1 Å². The largest absolute Gasteiger partial charge is 0.494 e. The molecular formula is C22H18B2F2N4O2. The standard InChI is InChI=1S/C22H18B2F2N4O2/c1-32-18-5-4-12(14-9-28-29-19(14)18)11-7-16(25)15(17(26)8-11)10-30-21(31)13-3-2-6-27-20(13)22(30,23)24/h2-9H,10,23-24H2,1H3,(H,28,29). The number of aromatic amines is 1. The van der Waals surface area contributed by atoms with E-state index in [2.05, 4.69) is 15.2 Å². The smallest absolute Gasteiger partial charge is 0.255 e. The summed E-state index contributed by atoms with van der Waals surface area (Å²) in [5, 5.41) is 6.83.